The lowest BCUT2D eigenvalue weighted by atomic mass is 10.1. The normalized spacial score (nSPS) is 13.6. The van der Waals surface area contributed by atoms with E-state index in [-0.39, 0.29) is 11.9 Å². The highest BCUT2D eigenvalue weighted by atomic mass is 32.1. The van der Waals surface area contributed by atoms with Gasteiger partial charge >= 0.3 is 0 Å². The van der Waals surface area contributed by atoms with E-state index in [1.54, 1.807) is 23.7 Å². The van der Waals surface area contributed by atoms with Gasteiger partial charge in [0.1, 0.15) is 0 Å². The molecule has 0 aliphatic heterocycles. The Bertz CT molecular complexity index is 820. The monoisotopic (exact) mass is 348 g/mol. The molecule has 1 aliphatic rings. The van der Waals surface area contributed by atoms with Crippen LogP contribution < -0.4 is 0 Å². The summed E-state index contributed by atoms with van der Waals surface area (Å²) in [5.41, 5.74) is 3.72. The second kappa shape index (κ2) is 7.19. The molecule has 0 fully saturated rings. The highest BCUT2D eigenvalue weighted by Gasteiger charge is 2.30. The van der Waals surface area contributed by atoms with Crippen LogP contribution in [-0.2, 0) is 30.6 Å². The number of thiophene rings is 1. The summed E-state index contributed by atoms with van der Waals surface area (Å²) in [6, 6.07) is 16.8. The van der Waals surface area contributed by atoms with E-state index in [0.717, 1.165) is 18.4 Å². The first-order valence-corrected chi connectivity index (χ1v) is 9.45. The van der Waals surface area contributed by atoms with Crippen molar-refractivity contribution >= 4 is 17.2 Å². The molecule has 4 rings (SSSR count). The van der Waals surface area contributed by atoms with Crippen LogP contribution in [-0.4, -0.2) is 21.8 Å². The molecular weight excluding hydrogens is 328 g/mol. The minimum absolute atomic E-state index is 0.180. The topological polar surface area (TPSA) is 33.2 Å². The van der Waals surface area contributed by atoms with Crippen LogP contribution in [0.15, 0.2) is 66.3 Å². The van der Waals surface area contributed by atoms with Gasteiger partial charge in [-0.3, -0.25) is 9.78 Å². The summed E-state index contributed by atoms with van der Waals surface area (Å²) < 4.78 is 0. The Labute approximate surface area is 152 Å². The molecule has 4 heteroatoms. The molecule has 1 aliphatic carbocycles. The van der Waals surface area contributed by atoms with Gasteiger partial charge in [0.2, 0.25) is 5.91 Å². The highest BCUT2D eigenvalue weighted by Crippen LogP contribution is 2.27. The molecule has 126 valence electrons. The molecule has 1 amide bonds. The second-order valence-electron chi connectivity index (χ2n) is 6.47. The Kier molecular flexibility index (Phi) is 4.61. The Morgan fingerprint density at radius 2 is 1.88 bits per heavy atom. The first-order chi connectivity index (χ1) is 12.3. The zero-order chi connectivity index (χ0) is 17.1. The van der Waals surface area contributed by atoms with Crippen LogP contribution in [0.1, 0.15) is 21.6 Å². The van der Waals surface area contributed by atoms with Crippen molar-refractivity contribution in [1.82, 2.24) is 9.88 Å². The predicted molar refractivity (Wildman–Crippen MR) is 100 cm³/mol. The SMILES string of the molecule is O=C(Cc1cccnc1)N(Cc1cccs1)C1Cc2ccccc2C1. The molecule has 0 atom stereocenters. The molecule has 0 bridgehead atoms. The van der Waals surface area contributed by atoms with Crippen LogP contribution >= 0.6 is 11.3 Å². The molecule has 25 heavy (non-hydrogen) atoms. The molecule has 0 saturated carbocycles. The number of amides is 1. The number of pyridine rings is 1. The summed E-state index contributed by atoms with van der Waals surface area (Å²) in [6.07, 6.45) is 5.82. The average Bonchev–Trinajstić information content (AvgIpc) is 3.29. The fraction of sp³-hybridized carbons (Fsp3) is 0.238. The Hall–Kier alpha value is -2.46. The van der Waals surface area contributed by atoms with E-state index in [2.05, 4.69) is 45.6 Å². The zero-order valence-corrected chi connectivity index (χ0v) is 14.8. The third-order valence-corrected chi connectivity index (χ3v) is 5.64. The third kappa shape index (κ3) is 3.64. The van der Waals surface area contributed by atoms with E-state index in [1.807, 2.05) is 18.2 Å². The number of hydrogen-bond acceptors (Lipinski definition) is 3. The van der Waals surface area contributed by atoms with Crippen molar-refractivity contribution in [2.24, 2.45) is 0 Å². The molecule has 2 aromatic heterocycles. The van der Waals surface area contributed by atoms with E-state index in [4.69, 9.17) is 0 Å². The lowest BCUT2D eigenvalue weighted by Gasteiger charge is -2.29. The molecule has 0 radical (unpaired) electrons. The second-order valence-corrected chi connectivity index (χ2v) is 7.50. The first kappa shape index (κ1) is 16.0. The Balaban J connectivity index is 1.55. The van der Waals surface area contributed by atoms with Crippen LogP contribution in [0.25, 0.3) is 0 Å². The summed E-state index contributed by atoms with van der Waals surface area (Å²) >= 11 is 1.71. The zero-order valence-electron chi connectivity index (χ0n) is 14.0. The quantitative estimate of drug-likeness (QED) is 0.701. The maximum absolute atomic E-state index is 13.1. The molecule has 3 aromatic rings. The van der Waals surface area contributed by atoms with Gasteiger partial charge in [-0.25, -0.2) is 0 Å². The van der Waals surface area contributed by atoms with Crippen molar-refractivity contribution in [3.05, 3.63) is 87.9 Å². The van der Waals surface area contributed by atoms with E-state index in [0.29, 0.717) is 13.0 Å². The fourth-order valence-corrected chi connectivity index (χ4v) is 4.23. The minimum Gasteiger partial charge on any atom is -0.334 e. The predicted octanol–water partition coefficient (Wildman–Crippen LogP) is 3.88. The molecule has 0 saturated heterocycles. The van der Waals surface area contributed by atoms with Gasteiger partial charge in [-0.15, -0.1) is 11.3 Å². The Morgan fingerprint density at radius 3 is 2.52 bits per heavy atom. The van der Waals surface area contributed by atoms with Crippen LogP contribution in [0.4, 0.5) is 0 Å². The highest BCUT2D eigenvalue weighted by molar-refractivity contribution is 7.09. The van der Waals surface area contributed by atoms with Crippen LogP contribution in [0.2, 0.25) is 0 Å². The van der Waals surface area contributed by atoms with Crippen molar-refractivity contribution in [3.63, 3.8) is 0 Å². The summed E-state index contributed by atoms with van der Waals surface area (Å²) in [5, 5.41) is 2.07. The van der Waals surface area contributed by atoms with Gasteiger partial charge in [0, 0.05) is 23.3 Å². The van der Waals surface area contributed by atoms with Gasteiger partial charge in [-0.1, -0.05) is 36.4 Å². The van der Waals surface area contributed by atoms with Gasteiger partial charge in [0.25, 0.3) is 0 Å². The molecular formula is C21H20N2OS. The molecule has 0 spiro atoms. The molecule has 0 unspecified atom stereocenters. The van der Waals surface area contributed by atoms with Crippen molar-refractivity contribution in [3.8, 4) is 0 Å². The smallest absolute Gasteiger partial charge is 0.227 e. The van der Waals surface area contributed by atoms with E-state index in [9.17, 15) is 4.79 Å². The van der Waals surface area contributed by atoms with Gasteiger partial charge in [0.05, 0.1) is 13.0 Å². The maximum Gasteiger partial charge on any atom is 0.227 e. The summed E-state index contributed by atoms with van der Waals surface area (Å²) in [5.74, 6) is 0.180. The van der Waals surface area contributed by atoms with Crippen molar-refractivity contribution in [2.75, 3.05) is 0 Å². The molecule has 1 aromatic carbocycles. The van der Waals surface area contributed by atoms with Crippen molar-refractivity contribution in [2.45, 2.75) is 31.8 Å². The van der Waals surface area contributed by atoms with Gasteiger partial charge in [0.15, 0.2) is 0 Å². The fourth-order valence-electron chi connectivity index (χ4n) is 3.53. The maximum atomic E-state index is 13.1. The lowest BCUT2D eigenvalue weighted by Crippen LogP contribution is -2.41. The largest absolute Gasteiger partial charge is 0.334 e. The van der Waals surface area contributed by atoms with Crippen LogP contribution in [0.3, 0.4) is 0 Å². The van der Waals surface area contributed by atoms with Crippen molar-refractivity contribution < 1.29 is 4.79 Å². The average molecular weight is 348 g/mol. The summed E-state index contributed by atoms with van der Waals surface area (Å²) in [4.78, 5) is 20.5. The summed E-state index contributed by atoms with van der Waals surface area (Å²) in [7, 11) is 0. The number of rotatable bonds is 5. The standard InChI is InChI=1S/C21H20N2OS/c24-21(11-16-5-3-9-22-14-16)23(15-20-8-4-10-25-20)19-12-17-6-1-2-7-18(17)13-19/h1-10,14,19H,11-13,15H2. The number of carbonyl (C=O) groups excluding carboxylic acids is 1. The first-order valence-electron chi connectivity index (χ1n) is 8.57. The minimum atomic E-state index is 0.180. The van der Waals surface area contributed by atoms with E-state index < -0.39 is 0 Å². The lowest BCUT2D eigenvalue weighted by molar-refractivity contribution is -0.133. The number of benzene rings is 1. The van der Waals surface area contributed by atoms with Crippen LogP contribution in [0, 0.1) is 0 Å². The van der Waals surface area contributed by atoms with Crippen LogP contribution in [0.5, 0.6) is 0 Å². The molecule has 0 N–H and O–H groups in total. The van der Waals surface area contributed by atoms with E-state index >= 15 is 0 Å². The number of hydrogen-bond donors (Lipinski definition) is 0. The summed E-state index contributed by atoms with van der Waals surface area (Å²) in [6.45, 7) is 0.690. The van der Waals surface area contributed by atoms with Gasteiger partial charge in [-0.05, 0) is 47.0 Å². The molecule has 2 heterocycles. The Morgan fingerprint density at radius 1 is 1.08 bits per heavy atom. The van der Waals surface area contributed by atoms with E-state index in [1.165, 1.54) is 16.0 Å². The van der Waals surface area contributed by atoms with Gasteiger partial charge < -0.3 is 4.90 Å². The molecule has 3 nitrogen and oxygen atoms in total. The number of aromatic nitrogens is 1. The number of carbonyl (C=O) groups is 1. The van der Waals surface area contributed by atoms with Crippen molar-refractivity contribution in [1.29, 1.82) is 0 Å². The van der Waals surface area contributed by atoms with Gasteiger partial charge in [-0.2, -0.15) is 0 Å². The number of nitrogens with zero attached hydrogens (tertiary/aromatic N) is 2. The number of fused-ring (bicyclic) bond motifs is 1. The third-order valence-electron chi connectivity index (χ3n) is 4.78.